The van der Waals surface area contributed by atoms with Gasteiger partial charge in [0.05, 0.1) is 0 Å². The number of nitrogens with one attached hydrogen (secondary N) is 1. The van der Waals surface area contributed by atoms with Gasteiger partial charge in [-0.25, -0.2) is 4.98 Å². The number of aromatic hydroxyl groups is 1. The smallest absolute Gasteiger partial charge is 0.276 e. The first-order valence-electron chi connectivity index (χ1n) is 5.35. The quantitative estimate of drug-likeness (QED) is 0.775. The van der Waals surface area contributed by atoms with Crippen LogP contribution < -0.4 is 5.32 Å². The van der Waals surface area contributed by atoms with Crippen molar-refractivity contribution in [3.05, 3.63) is 24.0 Å². The SMILES string of the molecule is CC1CN(C(=O)c2ncccc2O)CCN1.Cl. The monoisotopic (exact) mass is 257 g/mol. The van der Waals surface area contributed by atoms with Crippen LogP contribution in [0.3, 0.4) is 0 Å². The molecule has 5 nitrogen and oxygen atoms in total. The van der Waals surface area contributed by atoms with Crippen LogP contribution in [0.2, 0.25) is 0 Å². The first-order valence-corrected chi connectivity index (χ1v) is 5.35. The zero-order chi connectivity index (χ0) is 11.5. The topological polar surface area (TPSA) is 65.5 Å². The number of carbonyl (C=O) groups is 1. The van der Waals surface area contributed by atoms with Crippen LogP contribution in [0, 0.1) is 0 Å². The molecule has 1 amide bonds. The van der Waals surface area contributed by atoms with Crippen LogP contribution in [0.5, 0.6) is 5.75 Å². The Labute approximate surface area is 106 Å². The minimum absolute atomic E-state index is 0. The van der Waals surface area contributed by atoms with Crippen molar-refractivity contribution in [2.45, 2.75) is 13.0 Å². The normalized spacial score (nSPS) is 19.6. The first-order chi connectivity index (χ1) is 7.68. The van der Waals surface area contributed by atoms with Crippen molar-refractivity contribution in [3.8, 4) is 5.75 Å². The van der Waals surface area contributed by atoms with E-state index in [2.05, 4.69) is 10.3 Å². The van der Waals surface area contributed by atoms with E-state index in [9.17, 15) is 9.90 Å². The molecule has 0 aromatic carbocycles. The van der Waals surface area contributed by atoms with E-state index in [0.29, 0.717) is 13.1 Å². The van der Waals surface area contributed by atoms with E-state index in [1.54, 1.807) is 11.0 Å². The standard InChI is InChI=1S/C11H15N3O2.ClH/c1-8-7-14(6-5-12-8)11(16)10-9(15)3-2-4-13-10;/h2-4,8,12,15H,5-7H2,1H3;1H. The third kappa shape index (κ3) is 3.08. The van der Waals surface area contributed by atoms with Gasteiger partial charge >= 0.3 is 0 Å². The number of pyridine rings is 1. The van der Waals surface area contributed by atoms with Crippen LogP contribution in [-0.4, -0.2) is 46.6 Å². The minimum Gasteiger partial charge on any atom is -0.505 e. The maximum Gasteiger partial charge on any atom is 0.276 e. The first kappa shape index (κ1) is 13.7. The van der Waals surface area contributed by atoms with E-state index in [1.807, 2.05) is 6.92 Å². The van der Waals surface area contributed by atoms with E-state index < -0.39 is 0 Å². The number of piperazine rings is 1. The lowest BCUT2D eigenvalue weighted by atomic mass is 10.2. The van der Waals surface area contributed by atoms with Crippen LogP contribution in [0.15, 0.2) is 18.3 Å². The van der Waals surface area contributed by atoms with Crippen molar-refractivity contribution < 1.29 is 9.90 Å². The molecular formula is C11H16ClN3O2. The Bertz CT molecular complexity index is 400. The minimum atomic E-state index is -0.202. The summed E-state index contributed by atoms with van der Waals surface area (Å²) in [6.45, 7) is 4.10. The second kappa shape index (κ2) is 5.84. The summed E-state index contributed by atoms with van der Waals surface area (Å²) in [5, 5.41) is 12.8. The Hall–Kier alpha value is -1.33. The molecule has 1 unspecified atom stereocenters. The highest BCUT2D eigenvalue weighted by atomic mass is 35.5. The Morgan fingerprint density at radius 2 is 2.41 bits per heavy atom. The van der Waals surface area contributed by atoms with E-state index in [4.69, 9.17) is 0 Å². The fourth-order valence-corrected chi connectivity index (χ4v) is 1.83. The second-order valence-corrected chi connectivity index (χ2v) is 3.98. The van der Waals surface area contributed by atoms with Gasteiger partial charge in [-0.3, -0.25) is 4.79 Å². The Balaban J connectivity index is 0.00000144. The molecule has 1 aromatic heterocycles. The van der Waals surface area contributed by atoms with Crippen LogP contribution in [0.25, 0.3) is 0 Å². The third-order valence-electron chi connectivity index (χ3n) is 2.64. The molecule has 0 bridgehead atoms. The van der Waals surface area contributed by atoms with Gasteiger partial charge in [-0.15, -0.1) is 12.4 Å². The highest BCUT2D eigenvalue weighted by Gasteiger charge is 2.24. The second-order valence-electron chi connectivity index (χ2n) is 3.98. The highest BCUT2D eigenvalue weighted by molar-refractivity contribution is 5.94. The Kier molecular flexibility index (Phi) is 4.72. The van der Waals surface area contributed by atoms with Crippen molar-refractivity contribution in [2.24, 2.45) is 0 Å². The number of rotatable bonds is 1. The highest BCUT2D eigenvalue weighted by Crippen LogP contribution is 2.15. The van der Waals surface area contributed by atoms with Gasteiger partial charge in [-0.05, 0) is 19.1 Å². The summed E-state index contributed by atoms with van der Waals surface area (Å²) in [6.07, 6.45) is 1.51. The lowest BCUT2D eigenvalue weighted by Crippen LogP contribution is -2.51. The van der Waals surface area contributed by atoms with Gasteiger partial charge in [0.15, 0.2) is 5.69 Å². The maximum atomic E-state index is 12.0. The summed E-state index contributed by atoms with van der Waals surface area (Å²) < 4.78 is 0. The number of carbonyl (C=O) groups excluding carboxylic acids is 1. The summed E-state index contributed by atoms with van der Waals surface area (Å²) >= 11 is 0. The molecule has 6 heteroatoms. The predicted octanol–water partition coefficient (Wildman–Crippen LogP) is 0.643. The molecule has 0 aliphatic carbocycles. The Morgan fingerprint density at radius 1 is 1.65 bits per heavy atom. The number of hydrogen-bond donors (Lipinski definition) is 2. The van der Waals surface area contributed by atoms with E-state index in [-0.39, 0.29) is 35.8 Å². The van der Waals surface area contributed by atoms with E-state index in [1.165, 1.54) is 12.3 Å². The van der Waals surface area contributed by atoms with E-state index >= 15 is 0 Å². The van der Waals surface area contributed by atoms with Crippen molar-refractivity contribution in [2.75, 3.05) is 19.6 Å². The van der Waals surface area contributed by atoms with Crippen LogP contribution in [0.4, 0.5) is 0 Å². The molecule has 2 heterocycles. The molecule has 0 radical (unpaired) electrons. The molecule has 1 atom stereocenters. The molecule has 2 N–H and O–H groups in total. The lowest BCUT2D eigenvalue weighted by Gasteiger charge is -2.31. The molecule has 94 valence electrons. The summed E-state index contributed by atoms with van der Waals surface area (Å²) in [6, 6.07) is 3.36. The molecule has 1 fully saturated rings. The number of amides is 1. The molecule has 1 aliphatic heterocycles. The molecule has 2 rings (SSSR count). The van der Waals surface area contributed by atoms with Crippen molar-refractivity contribution in [3.63, 3.8) is 0 Å². The zero-order valence-corrected chi connectivity index (χ0v) is 10.4. The zero-order valence-electron chi connectivity index (χ0n) is 9.59. The van der Waals surface area contributed by atoms with Crippen molar-refractivity contribution in [1.29, 1.82) is 0 Å². The fourth-order valence-electron chi connectivity index (χ4n) is 1.83. The molecular weight excluding hydrogens is 242 g/mol. The van der Waals surface area contributed by atoms with Gasteiger partial charge < -0.3 is 15.3 Å². The molecule has 17 heavy (non-hydrogen) atoms. The Morgan fingerprint density at radius 3 is 3.06 bits per heavy atom. The largest absolute Gasteiger partial charge is 0.505 e. The number of hydrogen-bond acceptors (Lipinski definition) is 4. The number of halogens is 1. The molecule has 1 saturated heterocycles. The molecule has 1 aliphatic rings. The summed E-state index contributed by atoms with van der Waals surface area (Å²) in [7, 11) is 0. The molecule has 0 spiro atoms. The van der Waals surface area contributed by atoms with Gasteiger partial charge in [-0.2, -0.15) is 0 Å². The van der Waals surface area contributed by atoms with Gasteiger partial charge in [-0.1, -0.05) is 0 Å². The maximum absolute atomic E-state index is 12.0. The van der Waals surface area contributed by atoms with Crippen LogP contribution >= 0.6 is 12.4 Å². The third-order valence-corrected chi connectivity index (χ3v) is 2.64. The van der Waals surface area contributed by atoms with Crippen molar-refractivity contribution in [1.82, 2.24) is 15.2 Å². The summed E-state index contributed by atoms with van der Waals surface area (Å²) in [4.78, 5) is 17.7. The van der Waals surface area contributed by atoms with Crippen LogP contribution in [0.1, 0.15) is 17.4 Å². The van der Waals surface area contributed by atoms with E-state index in [0.717, 1.165) is 6.54 Å². The van der Waals surface area contributed by atoms with Gasteiger partial charge in [0, 0.05) is 31.9 Å². The fraction of sp³-hybridized carbons (Fsp3) is 0.455. The lowest BCUT2D eigenvalue weighted by molar-refractivity contribution is 0.0700. The van der Waals surface area contributed by atoms with Gasteiger partial charge in [0.25, 0.3) is 5.91 Å². The number of aromatic nitrogens is 1. The average molecular weight is 258 g/mol. The summed E-state index contributed by atoms with van der Waals surface area (Å²) in [5.41, 5.74) is 0.136. The van der Waals surface area contributed by atoms with Crippen LogP contribution in [-0.2, 0) is 0 Å². The van der Waals surface area contributed by atoms with Crippen molar-refractivity contribution >= 4 is 18.3 Å². The molecule has 0 saturated carbocycles. The average Bonchev–Trinajstić information content (AvgIpc) is 2.29. The van der Waals surface area contributed by atoms with Gasteiger partial charge in [0.2, 0.25) is 0 Å². The number of nitrogens with zero attached hydrogens (tertiary/aromatic N) is 2. The van der Waals surface area contributed by atoms with Gasteiger partial charge in [0.1, 0.15) is 5.75 Å². The summed E-state index contributed by atoms with van der Waals surface area (Å²) in [5.74, 6) is -0.259. The predicted molar refractivity (Wildman–Crippen MR) is 66.5 cm³/mol. The molecule has 1 aromatic rings.